The molecule has 0 atom stereocenters. The zero-order chi connectivity index (χ0) is 22.9. The quantitative estimate of drug-likeness (QED) is 0.197. The number of para-hydroxylation sites is 3. The molecule has 8 heteroatoms. The van der Waals surface area contributed by atoms with Gasteiger partial charge in [0.25, 0.3) is 5.22 Å². The van der Waals surface area contributed by atoms with Crippen molar-refractivity contribution in [3.8, 4) is 0 Å². The number of carbonyl (C=O) groups is 1. The molecule has 0 aliphatic rings. The summed E-state index contributed by atoms with van der Waals surface area (Å²) >= 11 is 13.4. The van der Waals surface area contributed by atoms with Crippen LogP contribution < -0.4 is 0 Å². The highest BCUT2D eigenvalue weighted by Gasteiger charge is 2.17. The predicted molar refractivity (Wildman–Crippen MR) is 133 cm³/mol. The third-order valence-corrected chi connectivity index (χ3v) is 6.59. The third kappa shape index (κ3) is 4.50. The Morgan fingerprint density at radius 2 is 1.88 bits per heavy atom. The summed E-state index contributed by atoms with van der Waals surface area (Å²) in [5, 5.41) is 12.2. The first-order valence-electron chi connectivity index (χ1n) is 9.98. The van der Waals surface area contributed by atoms with Crippen molar-refractivity contribution < 1.29 is 14.3 Å². The van der Waals surface area contributed by atoms with Crippen LogP contribution in [0.15, 0.2) is 87.5 Å². The lowest BCUT2D eigenvalue weighted by Gasteiger charge is -2.08. The van der Waals surface area contributed by atoms with Crippen LogP contribution in [0.1, 0.15) is 11.1 Å². The number of hydrogen-bond acceptors (Lipinski definition) is 4. The van der Waals surface area contributed by atoms with Crippen molar-refractivity contribution in [2.45, 2.75) is 11.8 Å². The van der Waals surface area contributed by atoms with E-state index in [-0.39, 0.29) is 10.1 Å². The Balaban J connectivity index is 1.54. The number of rotatable bonds is 6. The second-order valence-electron chi connectivity index (χ2n) is 7.33. The van der Waals surface area contributed by atoms with Crippen LogP contribution in [-0.4, -0.2) is 20.6 Å². The molecule has 0 radical (unpaired) electrons. The average Bonchev–Trinajstić information content (AvgIpc) is 3.36. The summed E-state index contributed by atoms with van der Waals surface area (Å²) < 4.78 is 7.74. The maximum absolute atomic E-state index is 12.0. The molecule has 33 heavy (non-hydrogen) atoms. The molecule has 0 saturated heterocycles. The first kappa shape index (κ1) is 21.6. The summed E-state index contributed by atoms with van der Waals surface area (Å²) in [6.07, 6.45) is 3.56. The van der Waals surface area contributed by atoms with Crippen molar-refractivity contribution in [3.05, 3.63) is 99.0 Å². The lowest BCUT2D eigenvalue weighted by molar-refractivity contribution is -0.131. The number of hydrogen-bond donors (Lipinski definition) is 1. The van der Waals surface area contributed by atoms with Gasteiger partial charge in [0.05, 0.1) is 0 Å². The Morgan fingerprint density at radius 1 is 1.09 bits per heavy atom. The van der Waals surface area contributed by atoms with Crippen LogP contribution in [0, 0.1) is 0 Å². The topological polar surface area (TPSA) is 68.3 Å². The van der Waals surface area contributed by atoms with Crippen molar-refractivity contribution >= 4 is 69.0 Å². The van der Waals surface area contributed by atoms with Gasteiger partial charge in [-0.2, -0.15) is 0 Å². The van der Waals surface area contributed by atoms with Crippen molar-refractivity contribution in [1.82, 2.24) is 9.55 Å². The van der Waals surface area contributed by atoms with Crippen LogP contribution >= 0.6 is 35.0 Å². The van der Waals surface area contributed by atoms with Gasteiger partial charge in [-0.1, -0.05) is 59.6 Å². The van der Waals surface area contributed by atoms with Gasteiger partial charge < -0.3 is 14.1 Å². The molecule has 0 bridgehead atoms. The first-order chi connectivity index (χ1) is 16.0. The first-order valence-corrected chi connectivity index (χ1v) is 11.6. The lowest BCUT2D eigenvalue weighted by atomic mass is 10.1. The number of carboxylic acid groups (broad SMARTS) is 1. The van der Waals surface area contributed by atoms with Crippen LogP contribution in [0.5, 0.6) is 0 Å². The second-order valence-corrected chi connectivity index (χ2v) is 9.17. The van der Waals surface area contributed by atoms with Crippen molar-refractivity contribution in [3.63, 3.8) is 0 Å². The van der Waals surface area contributed by atoms with E-state index in [9.17, 15) is 9.90 Å². The van der Waals surface area contributed by atoms with E-state index in [1.54, 1.807) is 24.3 Å². The number of aromatic nitrogens is 2. The van der Waals surface area contributed by atoms with E-state index < -0.39 is 5.97 Å². The molecule has 1 N–H and O–H groups in total. The molecule has 0 aliphatic carbocycles. The third-order valence-electron chi connectivity index (χ3n) is 5.14. The van der Waals surface area contributed by atoms with Crippen LogP contribution in [0.2, 0.25) is 10.0 Å². The van der Waals surface area contributed by atoms with Gasteiger partial charge in [-0.3, -0.25) is 0 Å². The molecule has 5 aromatic rings. The van der Waals surface area contributed by atoms with E-state index in [2.05, 4.69) is 4.98 Å². The van der Waals surface area contributed by atoms with Gasteiger partial charge in [-0.05, 0) is 53.7 Å². The molecule has 3 aromatic carbocycles. The Labute approximate surface area is 203 Å². The minimum atomic E-state index is -1.06. The molecule has 2 heterocycles. The number of thioether (sulfide) groups is 1. The second kappa shape index (κ2) is 8.98. The Kier molecular flexibility index (Phi) is 5.89. The summed E-state index contributed by atoms with van der Waals surface area (Å²) in [7, 11) is 0. The standard InChI is InChI=1S/C25H16Cl2N2O3S/c26-17-10-9-15(19(27)12-17)13-29-14-16(18-5-1-3-7-21(18)29)11-23(24(30)31)33-25-28-20-6-2-4-8-22(20)32-25/h1-12,14H,13H2,(H,30,31)/b23-11-. The fourth-order valence-electron chi connectivity index (χ4n) is 3.62. The number of nitrogens with zero attached hydrogens (tertiary/aromatic N) is 2. The monoisotopic (exact) mass is 494 g/mol. The molecular formula is C25H16Cl2N2O3S. The Bertz CT molecular complexity index is 1500. The summed E-state index contributed by atoms with van der Waals surface area (Å²) in [5.74, 6) is -1.06. The van der Waals surface area contributed by atoms with Gasteiger partial charge in [0, 0.05) is 39.3 Å². The highest BCUT2D eigenvalue weighted by Crippen LogP contribution is 2.33. The highest BCUT2D eigenvalue weighted by molar-refractivity contribution is 8.03. The van der Waals surface area contributed by atoms with Crippen molar-refractivity contribution in [1.29, 1.82) is 0 Å². The molecule has 0 unspecified atom stereocenters. The highest BCUT2D eigenvalue weighted by atomic mass is 35.5. The Morgan fingerprint density at radius 3 is 2.67 bits per heavy atom. The molecule has 0 fully saturated rings. The van der Waals surface area contributed by atoms with E-state index >= 15 is 0 Å². The number of halogens is 2. The number of carboxylic acids is 1. The summed E-state index contributed by atoms with van der Waals surface area (Å²) in [6, 6.07) is 20.5. The summed E-state index contributed by atoms with van der Waals surface area (Å²) in [4.78, 5) is 16.5. The SMILES string of the molecule is O=C(O)/C(=C/c1cn(Cc2ccc(Cl)cc2Cl)c2ccccc12)Sc1nc2ccccc2o1. The smallest absolute Gasteiger partial charge is 0.342 e. The van der Waals surface area contributed by atoms with Crippen LogP contribution in [-0.2, 0) is 11.3 Å². The zero-order valence-electron chi connectivity index (χ0n) is 17.0. The van der Waals surface area contributed by atoms with Gasteiger partial charge in [0.1, 0.15) is 10.4 Å². The number of aliphatic carboxylic acids is 1. The van der Waals surface area contributed by atoms with Crippen LogP contribution in [0.4, 0.5) is 0 Å². The minimum Gasteiger partial charge on any atom is -0.477 e. The molecule has 5 nitrogen and oxygen atoms in total. The van der Waals surface area contributed by atoms with Gasteiger partial charge in [-0.25, -0.2) is 9.78 Å². The summed E-state index contributed by atoms with van der Waals surface area (Å²) in [6.45, 7) is 0.519. The number of fused-ring (bicyclic) bond motifs is 2. The van der Waals surface area contributed by atoms with Gasteiger partial charge in [0.2, 0.25) is 0 Å². The molecular weight excluding hydrogens is 479 g/mol. The maximum Gasteiger partial charge on any atom is 0.342 e. The lowest BCUT2D eigenvalue weighted by Crippen LogP contribution is -1.98. The van der Waals surface area contributed by atoms with Crippen LogP contribution in [0.25, 0.3) is 28.1 Å². The van der Waals surface area contributed by atoms with Crippen LogP contribution in [0.3, 0.4) is 0 Å². The van der Waals surface area contributed by atoms with Crippen molar-refractivity contribution in [2.24, 2.45) is 0 Å². The molecule has 0 spiro atoms. The van der Waals surface area contributed by atoms with E-state index in [4.69, 9.17) is 27.6 Å². The fourth-order valence-corrected chi connectivity index (χ4v) is 4.82. The average molecular weight is 495 g/mol. The molecule has 5 rings (SSSR count). The van der Waals surface area contributed by atoms with E-state index in [0.29, 0.717) is 27.7 Å². The Hall–Kier alpha value is -3.19. The van der Waals surface area contributed by atoms with E-state index in [0.717, 1.165) is 33.8 Å². The number of oxazole rings is 1. The summed E-state index contributed by atoms with van der Waals surface area (Å²) in [5.41, 5.74) is 3.95. The minimum absolute atomic E-state index is 0.106. The zero-order valence-corrected chi connectivity index (χ0v) is 19.4. The molecule has 2 aromatic heterocycles. The predicted octanol–water partition coefficient (Wildman–Crippen LogP) is 7.36. The molecule has 0 saturated carbocycles. The van der Waals surface area contributed by atoms with Gasteiger partial charge in [0.15, 0.2) is 5.58 Å². The number of benzene rings is 3. The van der Waals surface area contributed by atoms with Gasteiger partial charge in [-0.15, -0.1) is 0 Å². The van der Waals surface area contributed by atoms with Gasteiger partial charge >= 0.3 is 5.97 Å². The fraction of sp³-hybridized carbons (Fsp3) is 0.0400. The maximum atomic E-state index is 12.0. The van der Waals surface area contributed by atoms with E-state index in [1.807, 2.05) is 59.3 Å². The largest absolute Gasteiger partial charge is 0.477 e. The normalized spacial score (nSPS) is 12.0. The molecule has 164 valence electrons. The molecule has 0 amide bonds. The molecule has 0 aliphatic heterocycles. The van der Waals surface area contributed by atoms with Crippen molar-refractivity contribution in [2.75, 3.05) is 0 Å². The van der Waals surface area contributed by atoms with E-state index in [1.165, 1.54) is 0 Å².